The summed E-state index contributed by atoms with van der Waals surface area (Å²) in [4.78, 5) is 6.51. The zero-order valence-electron chi connectivity index (χ0n) is 28.7. The van der Waals surface area contributed by atoms with E-state index < -0.39 is 132 Å². The van der Waals surface area contributed by atoms with E-state index in [4.69, 9.17) is 0 Å². The Labute approximate surface area is 331 Å². The van der Waals surface area contributed by atoms with Crippen LogP contribution in [0, 0.1) is 6.08 Å². The van der Waals surface area contributed by atoms with Gasteiger partial charge in [-0.2, -0.15) is 53.0 Å². The number of nitrogens with one attached hydrogen (secondary N) is 2. The molecule has 1 heterocycles. The van der Waals surface area contributed by atoms with Crippen LogP contribution in [0.3, 0.4) is 0 Å². The van der Waals surface area contributed by atoms with Crippen molar-refractivity contribution in [3.05, 3.63) is 90.9 Å². The van der Waals surface area contributed by atoms with Crippen LogP contribution in [0.5, 0.6) is 5.75 Å². The summed E-state index contributed by atoms with van der Waals surface area (Å²) < 4.78 is 178. The largest absolute Gasteiger partial charge is 0.505 e. The Hall–Kier alpha value is -6.11. The number of rotatable bonds is 12. The van der Waals surface area contributed by atoms with E-state index in [2.05, 4.69) is 42.4 Å². The second-order valence-electron chi connectivity index (χ2n) is 11.7. The molecule has 0 saturated heterocycles. The molecule has 0 radical (unpaired) electrons. The number of anilines is 4. The number of nitrogens with zero attached hydrogens (tertiary/aromatic N) is 5. The van der Waals surface area contributed by atoms with E-state index in [-0.39, 0.29) is 10.6 Å². The minimum atomic E-state index is -5.46. The molecule has 0 bridgehead atoms. The smallest absolute Gasteiger partial charge is 0.315 e. The Balaban J connectivity index is 1.55. The highest BCUT2D eigenvalue weighted by molar-refractivity contribution is 7.94. The first-order valence-electron chi connectivity index (χ1n) is 15.4. The fourth-order valence-corrected chi connectivity index (χ4v) is 9.02. The fraction of sp³-hybridized carbons (Fsp3) is 0. The maximum Gasteiger partial charge on any atom is 0.315 e. The second kappa shape index (κ2) is 14.9. The van der Waals surface area contributed by atoms with Gasteiger partial charge in [-0.3, -0.25) is 18.2 Å². The number of fused-ring (bicyclic) bond motifs is 2. The molecule has 0 aliphatic carbocycles. The monoisotopic (exact) mass is 911 g/mol. The van der Waals surface area contributed by atoms with Crippen LogP contribution in [0.2, 0.25) is 0 Å². The number of hydrogen-bond acceptors (Lipinski definition) is 18. The first kappa shape index (κ1) is 42.5. The number of halogens is 1. The minimum Gasteiger partial charge on any atom is -0.505 e. The van der Waals surface area contributed by atoms with Crippen molar-refractivity contribution in [1.82, 2.24) is 15.0 Å². The predicted octanol–water partition coefficient (Wildman–Crippen LogP) is 4.83. The molecule has 0 atom stereocenters. The van der Waals surface area contributed by atoms with Gasteiger partial charge in [0.2, 0.25) is 11.9 Å². The quantitative estimate of drug-likeness (QED) is 0.0638. The third kappa shape index (κ3) is 8.84. The van der Waals surface area contributed by atoms with Gasteiger partial charge in [0.15, 0.2) is 15.6 Å². The summed E-state index contributed by atoms with van der Waals surface area (Å²) in [6.45, 7) is 3.23. The lowest BCUT2D eigenvalue weighted by atomic mass is 10.1. The molecule has 1 aromatic heterocycles. The Kier molecular flexibility index (Phi) is 10.7. The van der Waals surface area contributed by atoms with E-state index in [0.717, 1.165) is 36.4 Å². The van der Waals surface area contributed by atoms with E-state index in [1.54, 1.807) is 0 Å². The van der Waals surface area contributed by atoms with Gasteiger partial charge in [-0.25, -0.2) is 8.42 Å². The SMILES string of the molecule is C=CS(=O)(=O)c1cccc(Nc2nc(F)nc(Nc3cc(S(=O)(=O)O)cc4cc(S(=O)(=O)O)c(N=Nc5ccc6c(S(=O)(=O)O)cccc6c5S(=O)(=O)O)c(O)c34)n2)c1. The maximum atomic E-state index is 14.8. The highest BCUT2D eigenvalue weighted by atomic mass is 32.2. The van der Waals surface area contributed by atoms with Crippen LogP contribution in [0.15, 0.2) is 119 Å². The van der Waals surface area contributed by atoms with Crippen molar-refractivity contribution < 1.29 is 69.8 Å². The average molecular weight is 912 g/mol. The number of benzene rings is 5. The molecule has 22 nitrogen and oxygen atoms in total. The van der Waals surface area contributed by atoms with E-state index in [0.29, 0.717) is 23.6 Å². The summed E-state index contributed by atoms with van der Waals surface area (Å²) in [6.07, 6.45) is -1.48. The van der Waals surface area contributed by atoms with Crippen molar-refractivity contribution in [2.45, 2.75) is 24.5 Å². The maximum absolute atomic E-state index is 14.8. The Morgan fingerprint density at radius 1 is 0.644 bits per heavy atom. The van der Waals surface area contributed by atoms with Gasteiger partial charge in [0.05, 0.1) is 15.5 Å². The molecule has 308 valence electrons. The van der Waals surface area contributed by atoms with Crippen LogP contribution in [0.25, 0.3) is 21.5 Å². The lowest BCUT2D eigenvalue weighted by Crippen LogP contribution is -2.08. The van der Waals surface area contributed by atoms with Crippen LogP contribution >= 0.6 is 0 Å². The zero-order valence-corrected chi connectivity index (χ0v) is 32.8. The van der Waals surface area contributed by atoms with Gasteiger partial charge in [-0.15, -0.1) is 10.2 Å². The molecule has 0 unspecified atom stereocenters. The van der Waals surface area contributed by atoms with Crippen molar-refractivity contribution in [1.29, 1.82) is 0 Å². The molecule has 0 aliphatic heterocycles. The Bertz CT molecular complexity index is 3410. The number of azo groups is 1. The van der Waals surface area contributed by atoms with Gasteiger partial charge >= 0.3 is 6.08 Å². The number of sulfone groups is 1. The summed E-state index contributed by atoms with van der Waals surface area (Å²) in [5.41, 5.74) is -2.56. The van der Waals surface area contributed by atoms with Gasteiger partial charge in [-0.1, -0.05) is 30.8 Å². The fourth-order valence-electron chi connectivity index (χ4n) is 5.53. The number of aromatic nitrogens is 3. The molecule has 7 N–H and O–H groups in total. The van der Waals surface area contributed by atoms with Gasteiger partial charge in [0, 0.05) is 27.3 Å². The number of hydrogen-bond donors (Lipinski definition) is 7. The molecule has 0 amide bonds. The molecule has 0 aliphatic rings. The molecule has 6 aromatic rings. The topological polar surface area (TPSA) is 359 Å². The van der Waals surface area contributed by atoms with Gasteiger partial charge in [0.25, 0.3) is 40.5 Å². The summed E-state index contributed by atoms with van der Waals surface area (Å²) in [7, 11) is -24.8. The number of aromatic hydroxyl groups is 1. The van der Waals surface area contributed by atoms with Crippen LogP contribution < -0.4 is 10.6 Å². The van der Waals surface area contributed by atoms with Gasteiger partial charge in [0.1, 0.15) is 26.1 Å². The third-order valence-corrected chi connectivity index (χ3v) is 12.8. The van der Waals surface area contributed by atoms with Crippen LogP contribution in [0.1, 0.15) is 0 Å². The average Bonchev–Trinajstić information content (AvgIpc) is 3.11. The predicted molar refractivity (Wildman–Crippen MR) is 203 cm³/mol. The molecular weight excluding hydrogens is 890 g/mol. The first-order valence-corrected chi connectivity index (χ1v) is 22.7. The van der Waals surface area contributed by atoms with E-state index >= 15 is 0 Å². The first-order chi connectivity index (χ1) is 27.3. The molecule has 5 aromatic carbocycles. The van der Waals surface area contributed by atoms with Crippen molar-refractivity contribution in [3.8, 4) is 5.75 Å². The summed E-state index contributed by atoms with van der Waals surface area (Å²) in [6, 6.07) is 11.6. The molecule has 59 heavy (non-hydrogen) atoms. The Morgan fingerprint density at radius 3 is 1.90 bits per heavy atom. The summed E-state index contributed by atoms with van der Waals surface area (Å²) in [5.74, 6) is -2.56. The van der Waals surface area contributed by atoms with Crippen molar-refractivity contribution in [3.63, 3.8) is 0 Å². The van der Waals surface area contributed by atoms with E-state index in [9.17, 15) is 69.8 Å². The third-order valence-electron chi connectivity index (χ3n) is 7.94. The molecule has 0 spiro atoms. The van der Waals surface area contributed by atoms with Gasteiger partial charge < -0.3 is 15.7 Å². The molecule has 0 saturated carbocycles. The van der Waals surface area contributed by atoms with Crippen molar-refractivity contribution in [2.24, 2.45) is 10.2 Å². The van der Waals surface area contributed by atoms with Crippen molar-refractivity contribution in [2.75, 3.05) is 10.6 Å². The van der Waals surface area contributed by atoms with Crippen LogP contribution in [-0.4, -0.2) is 80.4 Å². The molecule has 0 fully saturated rings. The summed E-state index contributed by atoms with van der Waals surface area (Å²) in [5, 5.41) is 22.3. The molecular formula is C31H22FN7O15S5. The molecule has 6 rings (SSSR count). The lowest BCUT2D eigenvalue weighted by Gasteiger charge is -2.15. The normalized spacial score (nSPS) is 12.9. The van der Waals surface area contributed by atoms with Crippen molar-refractivity contribution >= 4 is 107 Å². The molecule has 28 heteroatoms. The second-order valence-corrected chi connectivity index (χ2v) is 19.2. The standard InChI is InChI=1S/C31H22FN7O15S5/c1-2-55(41,42)17-6-3-5-16(13-17)33-30-35-29(32)36-31(37-30)34-22-14-18(56(43,44)45)11-15-12-24(58(49,50)51)26(27(40)25(15)22)39-38-21-10-9-19-20(28(21)59(52,53)54)7-4-8-23(19)57(46,47)48/h2-14,40H,1H2,(H,43,44,45)(H,46,47,48)(H,49,50,51)(H,52,53,54)(H2,33,34,35,36,37). The summed E-state index contributed by atoms with van der Waals surface area (Å²) >= 11 is 0. The lowest BCUT2D eigenvalue weighted by molar-refractivity contribution is 0.472. The highest BCUT2D eigenvalue weighted by Crippen LogP contribution is 2.46. The zero-order chi connectivity index (χ0) is 43.5. The van der Waals surface area contributed by atoms with E-state index in [1.807, 2.05) is 0 Å². The van der Waals surface area contributed by atoms with Crippen LogP contribution in [-0.2, 0) is 50.3 Å². The van der Waals surface area contributed by atoms with Crippen LogP contribution in [0.4, 0.5) is 39.0 Å². The number of phenolic OH excluding ortho intramolecular Hbond substituents is 1. The Morgan fingerprint density at radius 2 is 1.29 bits per heavy atom. The number of phenols is 1. The highest BCUT2D eigenvalue weighted by Gasteiger charge is 2.28. The van der Waals surface area contributed by atoms with E-state index in [1.165, 1.54) is 18.2 Å². The van der Waals surface area contributed by atoms with Gasteiger partial charge in [-0.05, 0) is 53.9 Å². The minimum absolute atomic E-state index is 0.0242.